The maximum Gasteiger partial charge on any atom is 0.271 e. The molecule has 0 unspecified atom stereocenters. The van der Waals surface area contributed by atoms with E-state index >= 15 is 0 Å². The van der Waals surface area contributed by atoms with E-state index in [4.69, 9.17) is 9.26 Å². The van der Waals surface area contributed by atoms with Crippen LogP contribution in [0.2, 0.25) is 0 Å². The van der Waals surface area contributed by atoms with Gasteiger partial charge in [0.1, 0.15) is 5.76 Å². The summed E-state index contributed by atoms with van der Waals surface area (Å²) in [4.78, 5) is 15.7. The van der Waals surface area contributed by atoms with E-state index in [1.807, 2.05) is 39.1 Å². The SMILES string of the molecule is Cc1noc(C)c1-c1ccc2ccn(CCOCCc3c(Nc4cnn(C)c(=O)c4C)ccc4[nH]ccc34)c2c1. The third-order valence-electron chi connectivity index (χ3n) is 7.56. The number of aryl methyl sites for hydroxylation is 3. The zero-order chi connectivity index (χ0) is 27.8. The Morgan fingerprint density at radius 3 is 2.75 bits per heavy atom. The number of benzene rings is 2. The molecular weight excluding hydrogens is 504 g/mol. The van der Waals surface area contributed by atoms with Crippen LogP contribution >= 0.6 is 0 Å². The molecule has 0 fully saturated rings. The van der Waals surface area contributed by atoms with Crippen LogP contribution in [0.15, 0.2) is 70.4 Å². The highest BCUT2D eigenvalue weighted by Crippen LogP contribution is 2.31. The molecule has 0 aliphatic carbocycles. The van der Waals surface area contributed by atoms with Crippen LogP contribution in [0, 0.1) is 20.8 Å². The van der Waals surface area contributed by atoms with Gasteiger partial charge in [0, 0.05) is 59.2 Å². The van der Waals surface area contributed by atoms with Gasteiger partial charge >= 0.3 is 0 Å². The molecule has 9 nitrogen and oxygen atoms in total. The largest absolute Gasteiger partial charge is 0.379 e. The second kappa shape index (κ2) is 10.5. The van der Waals surface area contributed by atoms with Crippen LogP contribution in [0.1, 0.15) is 22.6 Å². The van der Waals surface area contributed by atoms with Crippen LogP contribution in [0.4, 0.5) is 11.4 Å². The number of H-pyrrole nitrogens is 1. The number of fused-ring (bicyclic) bond motifs is 2. The Bertz CT molecular complexity index is 1870. The number of nitrogens with zero attached hydrogens (tertiary/aromatic N) is 4. The van der Waals surface area contributed by atoms with E-state index in [0.29, 0.717) is 24.5 Å². The summed E-state index contributed by atoms with van der Waals surface area (Å²) in [5.41, 5.74) is 8.56. The summed E-state index contributed by atoms with van der Waals surface area (Å²) in [6, 6.07) is 14.7. The molecule has 0 bridgehead atoms. The maximum absolute atomic E-state index is 12.4. The first-order valence-corrected chi connectivity index (χ1v) is 13.4. The molecule has 0 saturated heterocycles. The topological polar surface area (TPSA) is 103 Å². The molecule has 0 saturated carbocycles. The van der Waals surface area contributed by atoms with Gasteiger partial charge in [-0.1, -0.05) is 17.3 Å². The van der Waals surface area contributed by atoms with Crippen LogP contribution < -0.4 is 10.9 Å². The molecule has 4 aromatic heterocycles. The first-order chi connectivity index (χ1) is 19.4. The summed E-state index contributed by atoms with van der Waals surface area (Å²) >= 11 is 0. The van der Waals surface area contributed by atoms with E-state index in [1.54, 1.807) is 13.2 Å². The van der Waals surface area contributed by atoms with Crippen LogP contribution in [0.5, 0.6) is 0 Å². The summed E-state index contributed by atoms with van der Waals surface area (Å²) in [5.74, 6) is 0.825. The highest BCUT2D eigenvalue weighted by molar-refractivity contribution is 5.89. The van der Waals surface area contributed by atoms with E-state index in [0.717, 1.165) is 63.2 Å². The Kier molecular flexibility index (Phi) is 6.73. The van der Waals surface area contributed by atoms with Crippen LogP contribution in [0.3, 0.4) is 0 Å². The first kappa shape index (κ1) is 25.6. The quantitative estimate of drug-likeness (QED) is 0.227. The molecule has 6 aromatic rings. The van der Waals surface area contributed by atoms with Crippen molar-refractivity contribution in [2.24, 2.45) is 7.05 Å². The van der Waals surface area contributed by atoms with Gasteiger partial charge in [-0.05, 0) is 74.0 Å². The van der Waals surface area contributed by atoms with E-state index < -0.39 is 0 Å². The molecule has 6 rings (SSSR count). The van der Waals surface area contributed by atoms with Gasteiger partial charge in [-0.15, -0.1) is 0 Å². The van der Waals surface area contributed by atoms with Gasteiger partial charge in [-0.3, -0.25) is 4.79 Å². The number of hydrogen-bond acceptors (Lipinski definition) is 6. The van der Waals surface area contributed by atoms with Crippen molar-refractivity contribution in [3.8, 4) is 11.1 Å². The van der Waals surface area contributed by atoms with Crippen molar-refractivity contribution in [1.82, 2.24) is 24.5 Å². The van der Waals surface area contributed by atoms with Crippen molar-refractivity contribution in [3.05, 3.63) is 94.0 Å². The molecular formula is C31H32N6O3. The maximum atomic E-state index is 12.4. The number of aromatic amines is 1. The van der Waals surface area contributed by atoms with Gasteiger partial charge in [-0.25, -0.2) is 4.68 Å². The lowest BCUT2D eigenvalue weighted by Crippen LogP contribution is -2.22. The zero-order valence-electron chi connectivity index (χ0n) is 23.1. The van der Waals surface area contributed by atoms with Crippen molar-refractivity contribution in [1.29, 1.82) is 0 Å². The molecule has 2 aromatic carbocycles. The normalized spacial score (nSPS) is 11.6. The van der Waals surface area contributed by atoms with E-state index in [-0.39, 0.29) is 5.56 Å². The zero-order valence-corrected chi connectivity index (χ0v) is 23.1. The lowest BCUT2D eigenvalue weighted by Gasteiger charge is -2.15. The third kappa shape index (κ3) is 4.69. The fourth-order valence-electron chi connectivity index (χ4n) is 5.37. The summed E-state index contributed by atoms with van der Waals surface area (Å²) in [6.45, 7) is 7.62. The van der Waals surface area contributed by atoms with Crippen molar-refractivity contribution in [3.63, 3.8) is 0 Å². The Labute approximate surface area is 231 Å². The molecule has 0 atom stereocenters. The summed E-state index contributed by atoms with van der Waals surface area (Å²) in [6.07, 6.45) is 6.46. The number of anilines is 2. The highest BCUT2D eigenvalue weighted by atomic mass is 16.5. The third-order valence-corrected chi connectivity index (χ3v) is 7.56. The Morgan fingerprint density at radius 2 is 1.93 bits per heavy atom. The molecule has 40 heavy (non-hydrogen) atoms. The second-order valence-electron chi connectivity index (χ2n) is 10.1. The molecule has 0 aliphatic rings. The lowest BCUT2D eigenvalue weighted by molar-refractivity contribution is 0.130. The van der Waals surface area contributed by atoms with Crippen molar-refractivity contribution >= 4 is 33.2 Å². The van der Waals surface area contributed by atoms with Crippen molar-refractivity contribution < 1.29 is 9.26 Å². The minimum Gasteiger partial charge on any atom is -0.379 e. The number of aromatic nitrogens is 5. The molecule has 4 heterocycles. The van der Waals surface area contributed by atoms with E-state index in [2.05, 4.69) is 61.7 Å². The van der Waals surface area contributed by atoms with Gasteiger partial charge < -0.3 is 24.1 Å². The summed E-state index contributed by atoms with van der Waals surface area (Å²) in [5, 5.41) is 14.0. The molecule has 0 aliphatic heterocycles. The fourth-order valence-corrected chi connectivity index (χ4v) is 5.37. The number of hydrogen-bond donors (Lipinski definition) is 2. The van der Waals surface area contributed by atoms with Gasteiger partial charge in [0.15, 0.2) is 0 Å². The van der Waals surface area contributed by atoms with Gasteiger partial charge in [0.05, 0.1) is 30.8 Å². The molecule has 9 heteroatoms. The van der Waals surface area contributed by atoms with Gasteiger partial charge in [0.2, 0.25) is 0 Å². The smallest absolute Gasteiger partial charge is 0.271 e. The second-order valence-corrected chi connectivity index (χ2v) is 10.1. The minimum atomic E-state index is -0.117. The van der Waals surface area contributed by atoms with Crippen LogP contribution in [-0.2, 0) is 24.8 Å². The van der Waals surface area contributed by atoms with Crippen molar-refractivity contribution in [2.75, 3.05) is 18.5 Å². The lowest BCUT2D eigenvalue weighted by atomic mass is 10.0. The van der Waals surface area contributed by atoms with Gasteiger partial charge in [0.25, 0.3) is 5.56 Å². The van der Waals surface area contributed by atoms with E-state index in [9.17, 15) is 4.79 Å². The molecule has 0 spiro atoms. The summed E-state index contributed by atoms with van der Waals surface area (Å²) < 4.78 is 15.1. The fraction of sp³-hybridized carbons (Fsp3) is 0.258. The monoisotopic (exact) mass is 536 g/mol. The Hall–Kier alpha value is -4.63. The Morgan fingerprint density at radius 1 is 1.05 bits per heavy atom. The molecule has 0 radical (unpaired) electrons. The van der Waals surface area contributed by atoms with Crippen LogP contribution in [-0.4, -0.2) is 37.7 Å². The predicted octanol–water partition coefficient (Wildman–Crippen LogP) is 5.80. The standard InChI is InChI=1S/C31H32N6O3/c1-19-28(18-33-36(4)31(19)38)34-27-8-7-26-24(9-12-32-26)25(27)11-15-39-16-14-37-13-10-22-5-6-23(17-29(22)37)30-20(2)35-40-21(30)3/h5-10,12-13,17-18,32,34H,11,14-16H2,1-4H3. The molecule has 2 N–H and O–H groups in total. The van der Waals surface area contributed by atoms with Crippen LogP contribution in [0.25, 0.3) is 32.9 Å². The first-order valence-electron chi connectivity index (χ1n) is 13.4. The number of nitrogens with one attached hydrogen (secondary N) is 2. The average molecular weight is 537 g/mol. The molecule has 0 amide bonds. The average Bonchev–Trinajstić information content (AvgIpc) is 3.68. The number of rotatable bonds is 9. The molecule has 204 valence electrons. The summed E-state index contributed by atoms with van der Waals surface area (Å²) in [7, 11) is 1.65. The number of ether oxygens (including phenoxy) is 1. The highest BCUT2D eigenvalue weighted by Gasteiger charge is 2.14. The Balaban J connectivity index is 1.15. The van der Waals surface area contributed by atoms with Crippen molar-refractivity contribution in [2.45, 2.75) is 33.7 Å². The van der Waals surface area contributed by atoms with Gasteiger partial charge in [-0.2, -0.15) is 5.10 Å². The minimum absolute atomic E-state index is 0.117. The van der Waals surface area contributed by atoms with E-state index in [1.165, 1.54) is 10.1 Å². The predicted molar refractivity (Wildman–Crippen MR) is 157 cm³/mol.